The maximum Gasteiger partial charge on any atom is 0.349 e. The molecule has 0 atom stereocenters. The predicted molar refractivity (Wildman–Crippen MR) is 118 cm³/mol. The first-order chi connectivity index (χ1) is 14.6. The Morgan fingerprint density at radius 2 is 1.53 bits per heavy atom. The third kappa shape index (κ3) is 11.8. The van der Waals surface area contributed by atoms with Crippen LogP contribution in [0.1, 0.15) is 41.5 Å². The van der Waals surface area contributed by atoms with E-state index in [2.05, 4.69) is 4.98 Å². The van der Waals surface area contributed by atoms with Crippen molar-refractivity contribution >= 4 is 25.4 Å². The molecule has 12 heteroatoms. The first-order valence-electron chi connectivity index (χ1n) is 9.88. The largest absolute Gasteiger partial charge is 0.458 e. The van der Waals surface area contributed by atoms with Gasteiger partial charge in [-0.3, -0.25) is 18.2 Å². The van der Waals surface area contributed by atoms with Gasteiger partial charge in [0.15, 0.2) is 13.2 Å². The highest BCUT2D eigenvalue weighted by Gasteiger charge is 2.28. The monoisotopic (exact) mass is 473 g/mol. The second-order valence-corrected chi connectivity index (χ2v) is 10.9. The lowest BCUT2D eigenvalue weighted by atomic mass is 10.2. The molecule has 32 heavy (non-hydrogen) atoms. The van der Waals surface area contributed by atoms with Gasteiger partial charge in [-0.25, -0.2) is 14.4 Å². The minimum absolute atomic E-state index is 0.103. The molecule has 2 N–H and O–H groups in total. The number of ether oxygens (including phenoxy) is 2. The molecule has 0 aliphatic heterocycles. The third-order valence-electron chi connectivity index (χ3n) is 3.29. The van der Waals surface area contributed by atoms with Gasteiger partial charge in [-0.05, 0) is 47.6 Å². The van der Waals surface area contributed by atoms with Gasteiger partial charge in [0.05, 0.1) is 6.16 Å². The fraction of sp³-hybridized carbons (Fsp3) is 0.600. The zero-order valence-electron chi connectivity index (χ0n) is 19.3. The lowest BCUT2D eigenvalue weighted by Crippen LogP contribution is -2.27. The second kappa shape index (κ2) is 11.4. The number of hydrogen-bond acceptors (Lipinski definition) is 10. The quantitative estimate of drug-likeness (QED) is 0.305. The smallest absolute Gasteiger partial charge is 0.349 e. The van der Waals surface area contributed by atoms with E-state index in [1.165, 1.54) is 22.9 Å². The number of esters is 2. The van der Waals surface area contributed by atoms with Crippen LogP contribution in [0.5, 0.6) is 0 Å². The Kier molecular flexibility index (Phi) is 9.81. The topological polar surface area (TPSA) is 149 Å². The highest BCUT2D eigenvalue weighted by atomic mass is 31.2. The molecule has 0 aliphatic rings. The molecule has 180 valence electrons. The van der Waals surface area contributed by atoms with E-state index in [0.29, 0.717) is 0 Å². The number of nitrogens with zero attached hydrogens (tertiary/aromatic N) is 2. The van der Waals surface area contributed by atoms with Gasteiger partial charge in [0, 0.05) is 12.7 Å². The van der Waals surface area contributed by atoms with Crippen LogP contribution < -0.4 is 11.4 Å². The molecule has 0 amide bonds. The van der Waals surface area contributed by atoms with E-state index < -0.39 is 49.6 Å². The van der Waals surface area contributed by atoms with E-state index in [1.54, 1.807) is 47.6 Å². The van der Waals surface area contributed by atoms with Gasteiger partial charge in [-0.1, -0.05) is 12.2 Å². The fourth-order valence-electron chi connectivity index (χ4n) is 2.16. The number of nitrogens with two attached hydrogens (primary N) is 1. The van der Waals surface area contributed by atoms with Crippen LogP contribution in [0.25, 0.3) is 0 Å². The van der Waals surface area contributed by atoms with Crippen LogP contribution in [0.3, 0.4) is 0 Å². The first kappa shape index (κ1) is 27.5. The van der Waals surface area contributed by atoms with Gasteiger partial charge >= 0.3 is 25.2 Å². The molecule has 0 spiro atoms. The van der Waals surface area contributed by atoms with E-state index in [1.807, 2.05) is 0 Å². The van der Waals surface area contributed by atoms with Crippen LogP contribution in [0.15, 0.2) is 29.2 Å². The van der Waals surface area contributed by atoms with Crippen molar-refractivity contribution in [2.75, 3.05) is 25.1 Å². The zero-order valence-corrected chi connectivity index (χ0v) is 20.2. The molecule has 1 heterocycles. The Bertz CT molecular complexity index is 892. The highest BCUT2D eigenvalue weighted by Crippen LogP contribution is 2.48. The lowest BCUT2D eigenvalue weighted by Gasteiger charge is -2.22. The molecule has 0 saturated heterocycles. The van der Waals surface area contributed by atoms with Gasteiger partial charge in [0.1, 0.15) is 17.0 Å². The Morgan fingerprint density at radius 3 is 1.97 bits per heavy atom. The van der Waals surface area contributed by atoms with E-state index in [4.69, 9.17) is 24.3 Å². The van der Waals surface area contributed by atoms with Gasteiger partial charge in [0.25, 0.3) is 0 Å². The van der Waals surface area contributed by atoms with Crippen molar-refractivity contribution in [2.24, 2.45) is 0 Å². The van der Waals surface area contributed by atoms with Crippen molar-refractivity contribution < 1.29 is 32.7 Å². The standard InChI is InChI=1S/C20H32N3O8P/c1-19(2,3)30-16(24)13-28-32(27,29-14-17(25)31-20(4,5)6)12-8-7-10-23-11-9-15(21)22-18(23)26/h7-9,11H,10,12-14H2,1-6H3,(H2,21,22,26)/b8-7+. The molecule has 0 aromatic carbocycles. The Labute approximate surface area is 187 Å². The van der Waals surface area contributed by atoms with Gasteiger partial charge in [-0.2, -0.15) is 4.98 Å². The van der Waals surface area contributed by atoms with Crippen LogP contribution in [-0.2, 0) is 39.2 Å². The molecule has 0 saturated carbocycles. The number of allylic oxidation sites excluding steroid dienone is 2. The lowest BCUT2D eigenvalue weighted by molar-refractivity contribution is -0.158. The summed E-state index contributed by atoms with van der Waals surface area (Å²) < 4.78 is 35.0. The van der Waals surface area contributed by atoms with Crippen molar-refractivity contribution in [1.82, 2.24) is 9.55 Å². The first-order valence-corrected chi connectivity index (χ1v) is 11.6. The summed E-state index contributed by atoms with van der Waals surface area (Å²) in [4.78, 5) is 39.2. The minimum Gasteiger partial charge on any atom is -0.458 e. The number of anilines is 1. The molecule has 1 aromatic rings. The molecule has 1 rings (SSSR count). The average Bonchev–Trinajstić information content (AvgIpc) is 2.61. The van der Waals surface area contributed by atoms with Crippen molar-refractivity contribution in [1.29, 1.82) is 0 Å². The van der Waals surface area contributed by atoms with Crippen LogP contribution in [0.2, 0.25) is 0 Å². The third-order valence-corrected chi connectivity index (χ3v) is 4.99. The zero-order chi connectivity index (χ0) is 24.6. The number of carbonyl (C=O) groups is 2. The number of carbonyl (C=O) groups excluding carboxylic acids is 2. The molecule has 0 aliphatic carbocycles. The summed E-state index contributed by atoms with van der Waals surface area (Å²) >= 11 is 0. The van der Waals surface area contributed by atoms with E-state index in [-0.39, 0.29) is 18.5 Å². The number of nitrogen functional groups attached to an aromatic ring is 1. The van der Waals surface area contributed by atoms with Crippen LogP contribution >= 0.6 is 7.60 Å². The maximum atomic E-state index is 13.1. The summed E-state index contributed by atoms with van der Waals surface area (Å²) in [5, 5.41) is 0. The summed E-state index contributed by atoms with van der Waals surface area (Å²) in [7, 11) is -3.91. The summed E-state index contributed by atoms with van der Waals surface area (Å²) in [5.41, 5.74) is 3.41. The molecule has 0 fully saturated rings. The minimum atomic E-state index is -3.91. The number of rotatable bonds is 10. The number of aromatic nitrogens is 2. The Balaban J connectivity index is 2.80. The number of hydrogen-bond donors (Lipinski definition) is 1. The summed E-state index contributed by atoms with van der Waals surface area (Å²) in [5.74, 6) is -1.37. The predicted octanol–water partition coefficient (Wildman–Crippen LogP) is 2.29. The summed E-state index contributed by atoms with van der Waals surface area (Å²) in [6, 6.07) is 1.47. The van der Waals surface area contributed by atoms with E-state index in [9.17, 15) is 18.9 Å². The molecule has 11 nitrogen and oxygen atoms in total. The van der Waals surface area contributed by atoms with Gasteiger partial charge in [-0.15, -0.1) is 0 Å². The van der Waals surface area contributed by atoms with Gasteiger partial charge in [0.2, 0.25) is 0 Å². The van der Waals surface area contributed by atoms with Gasteiger partial charge < -0.3 is 15.2 Å². The molecule has 0 bridgehead atoms. The highest BCUT2D eigenvalue weighted by molar-refractivity contribution is 7.54. The normalized spacial score (nSPS) is 12.7. The van der Waals surface area contributed by atoms with E-state index >= 15 is 0 Å². The van der Waals surface area contributed by atoms with Crippen molar-refractivity contribution in [3.8, 4) is 0 Å². The van der Waals surface area contributed by atoms with Crippen molar-refractivity contribution in [3.63, 3.8) is 0 Å². The molecule has 0 radical (unpaired) electrons. The average molecular weight is 473 g/mol. The maximum absolute atomic E-state index is 13.1. The molecular formula is C20H32N3O8P. The molecule has 1 aromatic heterocycles. The van der Waals surface area contributed by atoms with Crippen LogP contribution in [0.4, 0.5) is 5.82 Å². The second-order valence-electron chi connectivity index (χ2n) is 8.77. The molecular weight excluding hydrogens is 441 g/mol. The van der Waals surface area contributed by atoms with Crippen LogP contribution in [0, 0.1) is 0 Å². The van der Waals surface area contributed by atoms with E-state index in [0.717, 1.165) is 0 Å². The SMILES string of the molecule is CC(C)(C)OC(=O)COP(=O)(C/C=C/Cn1ccc(N)nc1=O)OCC(=O)OC(C)(C)C. The molecule has 0 unspecified atom stereocenters. The summed E-state index contributed by atoms with van der Waals surface area (Å²) in [6.45, 7) is 8.96. The Morgan fingerprint density at radius 1 is 1.03 bits per heavy atom. The van der Waals surface area contributed by atoms with Crippen LogP contribution in [-0.4, -0.2) is 52.1 Å². The van der Waals surface area contributed by atoms with Crippen molar-refractivity contribution in [2.45, 2.75) is 59.3 Å². The summed E-state index contributed by atoms with van der Waals surface area (Å²) in [6.07, 6.45) is 4.20. The Hall–Kier alpha value is -2.49. The fourth-order valence-corrected chi connectivity index (χ4v) is 3.46. The van der Waals surface area contributed by atoms with Crippen molar-refractivity contribution in [3.05, 3.63) is 34.9 Å².